The number of aryl methyl sites for hydroxylation is 2. The van der Waals surface area contributed by atoms with Gasteiger partial charge in [-0.15, -0.1) is 0 Å². The van der Waals surface area contributed by atoms with Crippen LogP contribution in [0, 0.1) is 13.8 Å². The Bertz CT molecular complexity index is 1120. The van der Waals surface area contributed by atoms with E-state index in [1.165, 1.54) is 11.1 Å². The van der Waals surface area contributed by atoms with Gasteiger partial charge in [-0.1, -0.05) is 30.3 Å². The Balaban J connectivity index is 1.52. The predicted octanol–water partition coefficient (Wildman–Crippen LogP) is 2.56. The first kappa shape index (κ1) is 19.0. The van der Waals surface area contributed by atoms with Crippen molar-refractivity contribution >= 4 is 21.1 Å². The number of nitrogens with one attached hydrogen (secondary N) is 1. The molecule has 0 amide bonds. The van der Waals surface area contributed by atoms with Crippen molar-refractivity contribution in [3.8, 4) is 0 Å². The average Bonchev–Trinajstić information content (AvgIpc) is 3.10. The third-order valence-electron chi connectivity index (χ3n) is 5.24. The van der Waals surface area contributed by atoms with Crippen LogP contribution in [0.3, 0.4) is 0 Å². The minimum atomic E-state index is -3.75. The fourth-order valence-electron chi connectivity index (χ4n) is 4.04. The normalized spacial score (nSPS) is 16.2. The minimum Gasteiger partial charge on any atom is -0.297 e. The van der Waals surface area contributed by atoms with Gasteiger partial charge in [0.1, 0.15) is 10.4 Å². The van der Waals surface area contributed by atoms with E-state index in [4.69, 9.17) is 4.63 Å². The molecular formula is C20H24N4O3S. The maximum Gasteiger partial charge on any atom is 0.243 e. The molecule has 0 unspecified atom stereocenters. The Hall–Kier alpha value is -2.29. The molecule has 1 N–H and O–H groups in total. The summed E-state index contributed by atoms with van der Waals surface area (Å²) in [6.45, 7) is 7.91. The monoisotopic (exact) mass is 400 g/mol. The fourth-order valence-corrected chi connectivity index (χ4v) is 5.63. The summed E-state index contributed by atoms with van der Waals surface area (Å²) in [5.41, 5.74) is 4.92. The lowest BCUT2D eigenvalue weighted by Crippen LogP contribution is -2.43. The molecule has 28 heavy (non-hydrogen) atoms. The van der Waals surface area contributed by atoms with Crippen molar-refractivity contribution in [3.63, 3.8) is 0 Å². The molecule has 4 rings (SSSR count). The van der Waals surface area contributed by atoms with E-state index < -0.39 is 10.0 Å². The molecule has 7 nitrogen and oxygen atoms in total. The van der Waals surface area contributed by atoms with Crippen molar-refractivity contribution in [2.45, 2.75) is 44.7 Å². The second-order valence-corrected chi connectivity index (χ2v) is 9.23. The number of hydrogen-bond donors (Lipinski definition) is 1. The number of nitrogens with zero attached hydrogens (tertiary/aromatic N) is 3. The lowest BCUT2D eigenvalue weighted by atomic mass is 10.00. The van der Waals surface area contributed by atoms with Crippen LogP contribution in [0.4, 0.5) is 0 Å². The highest BCUT2D eigenvalue weighted by Crippen LogP contribution is 2.27. The molecule has 1 aromatic heterocycles. The first-order valence-electron chi connectivity index (χ1n) is 9.39. The van der Waals surface area contributed by atoms with E-state index in [1.54, 1.807) is 13.0 Å². The quantitative estimate of drug-likeness (QED) is 0.708. The second kappa shape index (κ2) is 7.27. The van der Waals surface area contributed by atoms with Crippen molar-refractivity contribution in [2.24, 2.45) is 0 Å². The molecule has 8 heteroatoms. The fraction of sp³-hybridized carbons (Fsp3) is 0.400. The van der Waals surface area contributed by atoms with Crippen LogP contribution < -0.4 is 4.72 Å². The number of sulfonamides is 1. The molecule has 0 aliphatic carbocycles. The van der Waals surface area contributed by atoms with E-state index in [-0.39, 0.29) is 16.5 Å². The van der Waals surface area contributed by atoms with Crippen LogP contribution in [-0.2, 0) is 23.0 Å². The van der Waals surface area contributed by atoms with Gasteiger partial charge in [-0.05, 0) is 59.8 Å². The Labute approximate surface area is 164 Å². The molecule has 148 valence electrons. The van der Waals surface area contributed by atoms with Crippen LogP contribution in [0.25, 0.3) is 11.0 Å². The molecule has 1 aliphatic heterocycles. The summed E-state index contributed by atoms with van der Waals surface area (Å²) in [5, 5.41) is 7.68. The number of fused-ring (bicyclic) bond motifs is 2. The third kappa shape index (κ3) is 3.55. The lowest BCUT2D eigenvalue weighted by molar-refractivity contribution is 0.237. The maximum absolute atomic E-state index is 13.1. The third-order valence-corrected chi connectivity index (χ3v) is 7.00. The van der Waals surface area contributed by atoms with Gasteiger partial charge in [-0.3, -0.25) is 4.90 Å². The van der Waals surface area contributed by atoms with Gasteiger partial charge in [0.2, 0.25) is 10.0 Å². The first-order valence-corrected chi connectivity index (χ1v) is 10.9. The highest BCUT2D eigenvalue weighted by Gasteiger charge is 2.27. The van der Waals surface area contributed by atoms with Gasteiger partial charge in [0.25, 0.3) is 0 Å². The number of hydrogen-bond acceptors (Lipinski definition) is 6. The van der Waals surface area contributed by atoms with Gasteiger partial charge in [-0.25, -0.2) is 17.8 Å². The summed E-state index contributed by atoms with van der Waals surface area (Å²) in [4.78, 5) is 2.43. The highest BCUT2D eigenvalue weighted by molar-refractivity contribution is 7.89. The summed E-state index contributed by atoms with van der Waals surface area (Å²) in [6.07, 6.45) is 0.984. The van der Waals surface area contributed by atoms with E-state index in [2.05, 4.69) is 38.1 Å². The van der Waals surface area contributed by atoms with Gasteiger partial charge in [-0.2, -0.15) is 0 Å². The summed E-state index contributed by atoms with van der Waals surface area (Å²) in [5.74, 6) is 0. The second-order valence-electron chi connectivity index (χ2n) is 7.58. The lowest BCUT2D eigenvalue weighted by Gasteiger charge is -2.31. The summed E-state index contributed by atoms with van der Waals surface area (Å²) in [7, 11) is -3.75. The summed E-state index contributed by atoms with van der Waals surface area (Å²) < 4.78 is 33.8. The molecule has 0 fully saturated rings. The smallest absolute Gasteiger partial charge is 0.243 e. The molecule has 0 saturated carbocycles. The Morgan fingerprint density at radius 2 is 1.86 bits per heavy atom. The van der Waals surface area contributed by atoms with Crippen molar-refractivity contribution < 1.29 is 13.0 Å². The van der Waals surface area contributed by atoms with Gasteiger partial charge in [0.05, 0.1) is 0 Å². The topological polar surface area (TPSA) is 88.3 Å². The zero-order valence-electron chi connectivity index (χ0n) is 16.3. The molecule has 2 heterocycles. The van der Waals surface area contributed by atoms with Crippen LogP contribution in [0.1, 0.15) is 29.2 Å². The molecule has 0 bridgehead atoms. The maximum atomic E-state index is 13.1. The number of benzene rings is 2. The molecule has 2 aromatic carbocycles. The molecule has 0 spiro atoms. The Morgan fingerprint density at radius 3 is 2.64 bits per heavy atom. The standard InChI is InChI=1S/C20H24N4O3S/c1-13-10-14(2)20(19-18(13)21-27-22-19)28(25,26)23-15(3)11-24-9-8-16-6-4-5-7-17(16)12-24/h4-7,10,15,23H,8-9,11-12H2,1-3H3/t15-/m0/s1. The molecule has 0 saturated heterocycles. The summed E-state index contributed by atoms with van der Waals surface area (Å²) in [6, 6.07) is 9.97. The van der Waals surface area contributed by atoms with Gasteiger partial charge in [0.15, 0.2) is 5.52 Å². The van der Waals surface area contributed by atoms with Crippen molar-refractivity contribution in [3.05, 3.63) is 52.6 Å². The molecule has 3 aromatic rings. The number of rotatable bonds is 5. The van der Waals surface area contributed by atoms with E-state index in [9.17, 15) is 8.42 Å². The van der Waals surface area contributed by atoms with E-state index in [0.29, 0.717) is 17.6 Å². The van der Waals surface area contributed by atoms with Gasteiger partial charge >= 0.3 is 0 Å². The first-order chi connectivity index (χ1) is 13.3. The van der Waals surface area contributed by atoms with Gasteiger partial charge in [0, 0.05) is 25.7 Å². The molecular weight excluding hydrogens is 376 g/mol. The van der Waals surface area contributed by atoms with E-state index >= 15 is 0 Å². The zero-order valence-corrected chi connectivity index (χ0v) is 17.1. The van der Waals surface area contributed by atoms with Crippen molar-refractivity contribution in [1.29, 1.82) is 0 Å². The van der Waals surface area contributed by atoms with Crippen LogP contribution in [0.15, 0.2) is 39.9 Å². The molecule has 1 atom stereocenters. The zero-order chi connectivity index (χ0) is 19.9. The summed E-state index contributed by atoms with van der Waals surface area (Å²) >= 11 is 0. The predicted molar refractivity (Wildman–Crippen MR) is 106 cm³/mol. The van der Waals surface area contributed by atoms with Crippen LogP contribution >= 0.6 is 0 Å². The largest absolute Gasteiger partial charge is 0.297 e. The van der Waals surface area contributed by atoms with Crippen LogP contribution in [0.5, 0.6) is 0 Å². The molecule has 0 radical (unpaired) electrons. The van der Waals surface area contributed by atoms with Crippen molar-refractivity contribution in [1.82, 2.24) is 19.9 Å². The van der Waals surface area contributed by atoms with Crippen LogP contribution in [0.2, 0.25) is 0 Å². The SMILES string of the molecule is Cc1cc(C)c2nonc2c1S(=O)(=O)N[C@@H](C)CN1CCc2ccccc2C1. The Morgan fingerprint density at radius 1 is 1.14 bits per heavy atom. The van der Waals surface area contributed by atoms with Gasteiger partial charge < -0.3 is 0 Å². The molecule has 1 aliphatic rings. The number of aromatic nitrogens is 2. The highest BCUT2D eigenvalue weighted by atomic mass is 32.2. The van der Waals surface area contributed by atoms with E-state index in [0.717, 1.165) is 25.1 Å². The van der Waals surface area contributed by atoms with Crippen LogP contribution in [-0.4, -0.2) is 42.8 Å². The average molecular weight is 401 g/mol. The van der Waals surface area contributed by atoms with E-state index in [1.807, 2.05) is 19.9 Å². The minimum absolute atomic E-state index is 0.144. The Kier molecular flexibility index (Phi) is 4.95. The van der Waals surface area contributed by atoms with Crippen molar-refractivity contribution in [2.75, 3.05) is 13.1 Å².